The van der Waals surface area contributed by atoms with Gasteiger partial charge in [-0.15, -0.1) is 22.7 Å². The van der Waals surface area contributed by atoms with Crippen LogP contribution >= 0.6 is 22.7 Å². The Kier molecular flexibility index (Phi) is 3.26. The van der Waals surface area contributed by atoms with Gasteiger partial charge in [0.15, 0.2) is 0 Å². The monoisotopic (exact) mass is 418 g/mol. The summed E-state index contributed by atoms with van der Waals surface area (Å²) in [7, 11) is 0. The smallest absolute Gasteiger partial charge is 0.0351 e. The van der Waals surface area contributed by atoms with Gasteiger partial charge in [-0.2, -0.15) is 0 Å². The first-order valence-corrected chi connectivity index (χ1v) is 11.9. The zero-order chi connectivity index (χ0) is 20.0. The van der Waals surface area contributed by atoms with Gasteiger partial charge in [-0.1, -0.05) is 36.4 Å². The Morgan fingerprint density at radius 3 is 1.27 bits per heavy atom. The van der Waals surface area contributed by atoms with Crippen LogP contribution in [0.4, 0.5) is 0 Å². The molecular weight excluding hydrogens is 400 g/mol. The van der Waals surface area contributed by atoms with E-state index < -0.39 is 0 Å². The van der Waals surface area contributed by atoms with Crippen molar-refractivity contribution in [3.05, 3.63) is 82.6 Å². The molecule has 0 aliphatic heterocycles. The van der Waals surface area contributed by atoms with Gasteiger partial charge < -0.3 is 0 Å². The number of aryl methyl sites for hydroxylation is 2. The zero-order valence-corrected chi connectivity index (χ0v) is 18.4. The second-order valence-electron chi connectivity index (χ2n) is 8.32. The lowest BCUT2D eigenvalue weighted by atomic mass is 9.93. The van der Waals surface area contributed by atoms with E-state index in [1.54, 1.807) is 0 Å². The Bertz CT molecular complexity index is 1680. The van der Waals surface area contributed by atoms with Crippen LogP contribution in [0.2, 0.25) is 0 Å². The molecule has 0 aliphatic rings. The molecule has 0 spiro atoms. The van der Waals surface area contributed by atoms with Crippen LogP contribution in [0.15, 0.2) is 72.8 Å². The van der Waals surface area contributed by atoms with E-state index in [9.17, 15) is 0 Å². The van der Waals surface area contributed by atoms with Crippen LogP contribution in [-0.2, 0) is 0 Å². The van der Waals surface area contributed by atoms with Crippen LogP contribution in [0, 0.1) is 13.8 Å². The Labute approximate surface area is 182 Å². The summed E-state index contributed by atoms with van der Waals surface area (Å²) >= 11 is 3.76. The molecule has 142 valence electrons. The SMILES string of the molecule is Cc1cc2cc3c(ccc4c3ccc3c5cc6cc(C)sc6cc5ccc34)cc2s1. The molecule has 0 atom stereocenters. The van der Waals surface area contributed by atoms with Gasteiger partial charge >= 0.3 is 0 Å². The van der Waals surface area contributed by atoms with Gasteiger partial charge in [-0.3, -0.25) is 0 Å². The molecule has 30 heavy (non-hydrogen) atoms. The quantitative estimate of drug-likeness (QED) is 0.215. The van der Waals surface area contributed by atoms with Crippen molar-refractivity contribution in [2.75, 3.05) is 0 Å². The average molecular weight is 419 g/mol. The Balaban J connectivity index is 1.61. The molecule has 0 aliphatic carbocycles. The standard InChI is InChI=1S/C28H18S2/c1-15-9-19-11-25-17(13-27(19)29-15)3-5-21-22-6-4-18-14-28-20(10-16(2)30-28)12-26(18)24(22)8-7-23(21)25/h3-14H,1-2H3. The number of rotatable bonds is 0. The van der Waals surface area contributed by atoms with Gasteiger partial charge in [0.25, 0.3) is 0 Å². The number of hydrogen-bond acceptors (Lipinski definition) is 2. The maximum Gasteiger partial charge on any atom is 0.0351 e. The predicted molar refractivity (Wildman–Crippen MR) is 137 cm³/mol. The molecular formula is C28H18S2. The van der Waals surface area contributed by atoms with E-state index in [4.69, 9.17) is 0 Å². The van der Waals surface area contributed by atoms with Gasteiger partial charge in [0, 0.05) is 19.2 Å². The molecule has 2 aromatic heterocycles. The van der Waals surface area contributed by atoms with Gasteiger partial charge in [0.2, 0.25) is 0 Å². The summed E-state index contributed by atoms with van der Waals surface area (Å²) in [6.45, 7) is 4.38. The second-order valence-corrected chi connectivity index (χ2v) is 10.9. The minimum absolute atomic E-state index is 1.33. The van der Waals surface area contributed by atoms with Crippen LogP contribution < -0.4 is 0 Å². The molecule has 0 saturated heterocycles. The molecule has 0 nitrogen and oxygen atoms in total. The minimum atomic E-state index is 1.33. The Morgan fingerprint density at radius 1 is 0.400 bits per heavy atom. The first kappa shape index (κ1) is 16.8. The van der Waals surface area contributed by atoms with Crippen molar-refractivity contribution in [2.24, 2.45) is 0 Å². The highest BCUT2D eigenvalue weighted by molar-refractivity contribution is 7.19. The predicted octanol–water partition coefficient (Wildman–Crippen LogP) is 9.35. The number of thiophene rings is 2. The van der Waals surface area contributed by atoms with E-state index in [0.717, 1.165) is 0 Å². The third kappa shape index (κ3) is 2.26. The lowest BCUT2D eigenvalue weighted by molar-refractivity contribution is 1.66. The van der Waals surface area contributed by atoms with Crippen LogP contribution in [0.3, 0.4) is 0 Å². The molecule has 0 unspecified atom stereocenters. The summed E-state index contributed by atoms with van der Waals surface area (Å²) in [5.74, 6) is 0. The molecule has 0 amide bonds. The van der Waals surface area contributed by atoms with Crippen molar-refractivity contribution in [3.8, 4) is 0 Å². The fourth-order valence-electron chi connectivity index (χ4n) is 5.02. The highest BCUT2D eigenvalue weighted by Crippen LogP contribution is 2.39. The van der Waals surface area contributed by atoms with E-state index in [2.05, 4.69) is 86.6 Å². The van der Waals surface area contributed by atoms with Crippen molar-refractivity contribution < 1.29 is 0 Å². The summed E-state index contributed by atoms with van der Waals surface area (Å²) in [6, 6.07) is 27.9. The molecule has 0 fully saturated rings. The largest absolute Gasteiger partial charge is 0.141 e. The normalized spacial score (nSPS) is 12.3. The Morgan fingerprint density at radius 2 is 0.800 bits per heavy atom. The summed E-state index contributed by atoms with van der Waals surface area (Å²) in [4.78, 5) is 2.74. The van der Waals surface area contributed by atoms with Crippen molar-refractivity contribution >= 4 is 85.9 Å². The molecule has 2 heteroatoms. The number of hydrogen-bond donors (Lipinski definition) is 0. The van der Waals surface area contributed by atoms with Crippen molar-refractivity contribution in [1.82, 2.24) is 0 Å². The topological polar surface area (TPSA) is 0 Å². The van der Waals surface area contributed by atoms with E-state index in [1.165, 1.54) is 73.0 Å². The van der Waals surface area contributed by atoms with Crippen LogP contribution in [-0.4, -0.2) is 0 Å². The van der Waals surface area contributed by atoms with Gasteiger partial charge in [-0.05, 0) is 104 Å². The van der Waals surface area contributed by atoms with Crippen LogP contribution in [0.5, 0.6) is 0 Å². The lowest BCUT2D eigenvalue weighted by Gasteiger charge is -2.10. The van der Waals surface area contributed by atoms with E-state index in [-0.39, 0.29) is 0 Å². The first-order valence-electron chi connectivity index (χ1n) is 10.3. The van der Waals surface area contributed by atoms with Crippen molar-refractivity contribution in [3.63, 3.8) is 0 Å². The highest BCUT2D eigenvalue weighted by atomic mass is 32.1. The molecule has 0 N–H and O–H groups in total. The first-order chi connectivity index (χ1) is 14.6. The van der Waals surface area contributed by atoms with Crippen molar-refractivity contribution in [1.29, 1.82) is 0 Å². The van der Waals surface area contributed by atoms with E-state index >= 15 is 0 Å². The van der Waals surface area contributed by atoms with Crippen molar-refractivity contribution in [2.45, 2.75) is 13.8 Å². The molecule has 5 aromatic carbocycles. The molecule has 0 radical (unpaired) electrons. The third-order valence-electron chi connectivity index (χ3n) is 6.35. The van der Waals surface area contributed by atoms with Crippen LogP contribution in [0.25, 0.3) is 63.3 Å². The maximum atomic E-state index is 2.38. The minimum Gasteiger partial charge on any atom is -0.141 e. The number of fused-ring (bicyclic) bond motifs is 9. The van der Waals surface area contributed by atoms with Gasteiger partial charge in [0.1, 0.15) is 0 Å². The summed E-state index contributed by atoms with van der Waals surface area (Å²) in [5, 5.41) is 13.4. The second kappa shape index (κ2) is 5.81. The third-order valence-corrected chi connectivity index (χ3v) is 8.38. The van der Waals surface area contributed by atoms with Gasteiger partial charge in [0.05, 0.1) is 0 Å². The van der Waals surface area contributed by atoms with E-state index in [0.29, 0.717) is 0 Å². The molecule has 0 bridgehead atoms. The number of benzene rings is 5. The molecule has 7 aromatic rings. The zero-order valence-electron chi connectivity index (χ0n) is 16.7. The maximum absolute atomic E-state index is 2.38. The average Bonchev–Trinajstić information content (AvgIpc) is 3.28. The lowest BCUT2D eigenvalue weighted by Crippen LogP contribution is -1.83. The van der Waals surface area contributed by atoms with Gasteiger partial charge in [-0.25, -0.2) is 0 Å². The summed E-state index contributed by atoms with van der Waals surface area (Å²) in [6.07, 6.45) is 0. The highest BCUT2D eigenvalue weighted by Gasteiger charge is 2.10. The molecule has 7 rings (SSSR count). The fraction of sp³-hybridized carbons (Fsp3) is 0.0714. The Hall–Kier alpha value is -2.94. The fourth-order valence-corrected chi connectivity index (χ4v) is 6.93. The molecule has 2 heterocycles. The summed E-state index contributed by atoms with van der Waals surface area (Å²) < 4.78 is 2.75. The van der Waals surface area contributed by atoms with Crippen LogP contribution in [0.1, 0.15) is 9.75 Å². The summed E-state index contributed by atoms with van der Waals surface area (Å²) in [5.41, 5.74) is 0. The molecule has 0 saturated carbocycles. The van der Waals surface area contributed by atoms with E-state index in [1.807, 2.05) is 22.7 Å².